The minimum atomic E-state index is 0.110. The number of benzene rings is 1. The van der Waals surface area contributed by atoms with Crippen molar-refractivity contribution < 1.29 is 4.74 Å². The molecule has 7 heteroatoms. The second-order valence-corrected chi connectivity index (χ2v) is 9.69. The number of ether oxygens (including phenoxy) is 1. The minimum Gasteiger partial charge on any atom is -0.377 e. The first-order chi connectivity index (χ1) is 15.1. The van der Waals surface area contributed by atoms with Crippen molar-refractivity contribution in [3.8, 4) is 0 Å². The van der Waals surface area contributed by atoms with Crippen LogP contribution in [0.1, 0.15) is 44.2 Å². The summed E-state index contributed by atoms with van der Waals surface area (Å²) in [6.07, 6.45) is 5.05. The van der Waals surface area contributed by atoms with E-state index in [0.717, 1.165) is 36.0 Å². The van der Waals surface area contributed by atoms with Crippen LogP contribution in [0.15, 0.2) is 36.4 Å². The molecule has 0 N–H and O–H groups in total. The number of fused-ring (bicyclic) bond motifs is 1. The van der Waals surface area contributed by atoms with Crippen LogP contribution >= 0.6 is 23.2 Å². The van der Waals surface area contributed by atoms with Crippen molar-refractivity contribution in [2.45, 2.75) is 45.2 Å². The van der Waals surface area contributed by atoms with Gasteiger partial charge in [0.15, 0.2) is 5.15 Å². The largest absolute Gasteiger partial charge is 0.377 e. The molecule has 2 aliphatic rings. The van der Waals surface area contributed by atoms with Gasteiger partial charge in [0.1, 0.15) is 10.7 Å². The molecule has 0 spiro atoms. The van der Waals surface area contributed by atoms with Crippen LogP contribution in [0.2, 0.25) is 10.3 Å². The maximum atomic E-state index is 6.61. The number of hydrogen-bond acceptors (Lipinski definition) is 4. The monoisotopic (exact) mass is 458 g/mol. The topological polar surface area (TPSA) is 43.2 Å². The Labute approximate surface area is 193 Å². The SMILES string of the molecule is CC1CCC(Cn2c(N3CCOCC3c3ccccc3)nc3cc(Cl)nc(Cl)c32)CC1. The molecule has 1 aliphatic carbocycles. The Balaban J connectivity index is 1.58. The predicted molar refractivity (Wildman–Crippen MR) is 126 cm³/mol. The van der Waals surface area contributed by atoms with Gasteiger partial charge in [0, 0.05) is 19.2 Å². The number of morpholine rings is 1. The van der Waals surface area contributed by atoms with Crippen molar-refractivity contribution in [1.29, 1.82) is 0 Å². The van der Waals surface area contributed by atoms with E-state index in [-0.39, 0.29) is 6.04 Å². The fraction of sp³-hybridized carbons (Fsp3) is 0.500. The minimum absolute atomic E-state index is 0.110. The Hall–Kier alpha value is -1.82. The van der Waals surface area contributed by atoms with Crippen LogP contribution in [-0.2, 0) is 11.3 Å². The number of nitrogens with zero attached hydrogens (tertiary/aromatic N) is 4. The van der Waals surface area contributed by atoms with Gasteiger partial charge in [-0.3, -0.25) is 0 Å². The van der Waals surface area contributed by atoms with Gasteiger partial charge in [0.25, 0.3) is 0 Å². The second-order valence-electron chi connectivity index (χ2n) is 8.95. The van der Waals surface area contributed by atoms with Gasteiger partial charge in [-0.05, 0) is 30.2 Å². The normalized spacial score (nSPS) is 24.6. The summed E-state index contributed by atoms with van der Waals surface area (Å²) in [5, 5.41) is 0.803. The maximum Gasteiger partial charge on any atom is 0.207 e. The molecule has 1 atom stereocenters. The Kier molecular flexibility index (Phi) is 6.09. The van der Waals surface area contributed by atoms with E-state index in [9.17, 15) is 0 Å². The van der Waals surface area contributed by atoms with Gasteiger partial charge in [-0.2, -0.15) is 0 Å². The average Bonchev–Trinajstić information content (AvgIpc) is 3.14. The van der Waals surface area contributed by atoms with Crippen molar-refractivity contribution in [3.05, 3.63) is 52.3 Å². The molecule has 2 aromatic heterocycles. The van der Waals surface area contributed by atoms with E-state index >= 15 is 0 Å². The Morgan fingerprint density at radius 1 is 1.06 bits per heavy atom. The second kappa shape index (κ2) is 8.97. The molecule has 5 nitrogen and oxygen atoms in total. The molecule has 1 aromatic carbocycles. The lowest BCUT2D eigenvalue weighted by Crippen LogP contribution is -2.41. The highest BCUT2D eigenvalue weighted by Crippen LogP contribution is 2.37. The first kappa shape index (κ1) is 21.0. The standard InChI is InChI=1S/C24H28Cl2N4O/c1-16-7-9-17(10-8-16)14-30-22-19(13-21(25)28-23(22)26)27-24(30)29-11-12-31-15-20(29)18-5-3-2-4-6-18/h2-6,13,16-17,20H,7-12,14-15H2,1H3. The van der Waals surface area contributed by atoms with Crippen LogP contribution in [0, 0.1) is 11.8 Å². The lowest BCUT2D eigenvalue weighted by molar-refractivity contribution is 0.0927. The van der Waals surface area contributed by atoms with Crippen LogP contribution in [-0.4, -0.2) is 34.3 Å². The van der Waals surface area contributed by atoms with Crippen molar-refractivity contribution in [2.75, 3.05) is 24.7 Å². The van der Waals surface area contributed by atoms with Crippen molar-refractivity contribution in [2.24, 2.45) is 11.8 Å². The molecular formula is C24H28Cl2N4O. The molecule has 0 radical (unpaired) electrons. The molecule has 1 aliphatic heterocycles. The first-order valence-electron chi connectivity index (χ1n) is 11.2. The quantitative estimate of drug-likeness (QED) is 0.440. The third-order valence-corrected chi connectivity index (χ3v) is 7.23. The predicted octanol–water partition coefficient (Wildman–Crippen LogP) is 6.14. The maximum absolute atomic E-state index is 6.61. The fourth-order valence-electron chi connectivity index (χ4n) is 5.03. The smallest absolute Gasteiger partial charge is 0.207 e. The summed E-state index contributed by atoms with van der Waals surface area (Å²) < 4.78 is 8.16. The highest BCUT2D eigenvalue weighted by atomic mass is 35.5. The van der Waals surface area contributed by atoms with Crippen molar-refractivity contribution in [3.63, 3.8) is 0 Å². The number of imidazole rings is 1. The van der Waals surface area contributed by atoms with Gasteiger partial charge in [-0.25, -0.2) is 9.97 Å². The zero-order valence-corrected chi connectivity index (χ0v) is 19.3. The van der Waals surface area contributed by atoms with Crippen LogP contribution in [0.4, 0.5) is 5.95 Å². The summed E-state index contributed by atoms with van der Waals surface area (Å²) in [6, 6.07) is 12.5. The number of halogens is 2. The molecule has 0 bridgehead atoms. The number of anilines is 1. The molecule has 1 saturated heterocycles. The van der Waals surface area contributed by atoms with Crippen LogP contribution in [0.5, 0.6) is 0 Å². The Morgan fingerprint density at radius 3 is 2.61 bits per heavy atom. The number of hydrogen-bond donors (Lipinski definition) is 0. The van der Waals surface area contributed by atoms with Gasteiger partial charge in [-0.15, -0.1) is 0 Å². The molecule has 0 amide bonds. The van der Waals surface area contributed by atoms with E-state index in [1.54, 1.807) is 0 Å². The molecule has 1 unspecified atom stereocenters. The van der Waals surface area contributed by atoms with E-state index in [4.69, 9.17) is 32.9 Å². The number of rotatable bonds is 4. The van der Waals surface area contributed by atoms with Crippen LogP contribution in [0.25, 0.3) is 11.0 Å². The van der Waals surface area contributed by atoms with Crippen molar-refractivity contribution in [1.82, 2.24) is 14.5 Å². The molecular weight excluding hydrogens is 431 g/mol. The number of aromatic nitrogens is 3. The van der Waals surface area contributed by atoms with Gasteiger partial charge in [-0.1, -0.05) is 73.3 Å². The Bertz CT molecular complexity index is 1050. The van der Waals surface area contributed by atoms with E-state index < -0.39 is 0 Å². The van der Waals surface area contributed by atoms with E-state index in [1.165, 1.54) is 31.2 Å². The van der Waals surface area contributed by atoms with E-state index in [0.29, 0.717) is 29.4 Å². The van der Waals surface area contributed by atoms with Gasteiger partial charge < -0.3 is 14.2 Å². The average molecular weight is 459 g/mol. The molecule has 3 aromatic rings. The summed E-state index contributed by atoms with van der Waals surface area (Å²) in [7, 11) is 0. The molecule has 164 valence electrons. The summed E-state index contributed by atoms with van der Waals surface area (Å²) in [5.74, 6) is 2.38. The van der Waals surface area contributed by atoms with E-state index in [1.807, 2.05) is 12.1 Å². The zero-order chi connectivity index (χ0) is 21.4. The third kappa shape index (κ3) is 4.28. The number of pyridine rings is 1. The molecule has 2 fully saturated rings. The summed E-state index contributed by atoms with van der Waals surface area (Å²) in [5.41, 5.74) is 2.93. The lowest BCUT2D eigenvalue weighted by atomic mass is 9.83. The van der Waals surface area contributed by atoms with E-state index in [2.05, 4.69) is 45.6 Å². The van der Waals surface area contributed by atoms with Gasteiger partial charge >= 0.3 is 0 Å². The highest BCUT2D eigenvalue weighted by Gasteiger charge is 2.31. The Morgan fingerprint density at radius 2 is 1.84 bits per heavy atom. The summed E-state index contributed by atoms with van der Waals surface area (Å²) in [6.45, 7) is 5.36. The highest BCUT2D eigenvalue weighted by molar-refractivity contribution is 6.36. The van der Waals surface area contributed by atoms with Crippen LogP contribution in [0.3, 0.4) is 0 Å². The zero-order valence-electron chi connectivity index (χ0n) is 17.8. The fourth-order valence-corrected chi connectivity index (χ4v) is 5.55. The molecule has 31 heavy (non-hydrogen) atoms. The molecule has 3 heterocycles. The lowest BCUT2D eigenvalue weighted by Gasteiger charge is -2.37. The third-order valence-electron chi connectivity index (χ3n) is 6.78. The van der Waals surface area contributed by atoms with Crippen LogP contribution < -0.4 is 4.90 Å². The van der Waals surface area contributed by atoms with Gasteiger partial charge in [0.05, 0.1) is 24.8 Å². The molecule has 5 rings (SSSR count). The summed E-state index contributed by atoms with van der Waals surface area (Å²) in [4.78, 5) is 11.7. The van der Waals surface area contributed by atoms with Crippen molar-refractivity contribution >= 4 is 40.2 Å². The molecule has 1 saturated carbocycles. The summed E-state index contributed by atoms with van der Waals surface area (Å²) >= 11 is 12.8. The van der Waals surface area contributed by atoms with Gasteiger partial charge in [0.2, 0.25) is 5.95 Å². The first-order valence-corrected chi connectivity index (χ1v) is 12.0.